The van der Waals surface area contributed by atoms with Gasteiger partial charge in [-0.3, -0.25) is 4.79 Å². The van der Waals surface area contributed by atoms with E-state index >= 15 is 0 Å². The highest BCUT2D eigenvalue weighted by Crippen LogP contribution is 2.21. The Morgan fingerprint density at radius 1 is 0.964 bits per heavy atom. The molecule has 3 rings (SSSR count). The average Bonchev–Trinajstić information content (AvgIpc) is 2.66. The van der Waals surface area contributed by atoms with Gasteiger partial charge in [0.25, 0.3) is 0 Å². The van der Waals surface area contributed by atoms with Crippen molar-refractivity contribution in [1.29, 1.82) is 0 Å². The second-order valence-electron chi connectivity index (χ2n) is 6.38. The molecule has 0 aliphatic carbocycles. The van der Waals surface area contributed by atoms with Crippen LogP contribution in [0.4, 0.5) is 15.8 Å². The predicted octanol–water partition coefficient (Wildman–Crippen LogP) is 3.23. The van der Waals surface area contributed by atoms with Gasteiger partial charge in [-0.25, -0.2) is 8.70 Å². The van der Waals surface area contributed by atoms with Crippen molar-refractivity contribution in [3.8, 4) is 0 Å². The van der Waals surface area contributed by atoms with Gasteiger partial charge in [0, 0.05) is 19.8 Å². The molecule has 0 heterocycles. The van der Waals surface area contributed by atoms with Gasteiger partial charge in [0.1, 0.15) is 12.4 Å². The van der Waals surface area contributed by atoms with Gasteiger partial charge in [0.05, 0.1) is 5.69 Å². The quantitative estimate of drug-likeness (QED) is 0.689. The Labute approximate surface area is 163 Å². The molecule has 1 N–H and O–H groups in total. The van der Waals surface area contributed by atoms with E-state index in [2.05, 4.69) is 5.32 Å². The van der Waals surface area contributed by atoms with Crippen molar-refractivity contribution in [1.82, 2.24) is 4.31 Å². The third kappa shape index (κ3) is 4.29. The van der Waals surface area contributed by atoms with Crippen LogP contribution in [-0.4, -0.2) is 39.3 Å². The Kier molecular flexibility index (Phi) is 5.62. The number of fused-ring (bicyclic) bond motifs is 1. The van der Waals surface area contributed by atoms with Gasteiger partial charge >= 0.3 is 10.2 Å². The molecule has 0 fully saturated rings. The fourth-order valence-electron chi connectivity index (χ4n) is 2.71. The molecule has 3 aromatic rings. The van der Waals surface area contributed by atoms with E-state index in [0.29, 0.717) is 5.69 Å². The Morgan fingerprint density at radius 2 is 1.61 bits per heavy atom. The summed E-state index contributed by atoms with van der Waals surface area (Å²) in [6, 6.07) is 18.1. The van der Waals surface area contributed by atoms with Crippen molar-refractivity contribution in [3.63, 3.8) is 0 Å². The summed E-state index contributed by atoms with van der Waals surface area (Å²) in [6.45, 7) is -0.445. The van der Waals surface area contributed by atoms with Crippen LogP contribution >= 0.6 is 0 Å². The van der Waals surface area contributed by atoms with E-state index in [-0.39, 0.29) is 5.69 Å². The van der Waals surface area contributed by atoms with Crippen molar-refractivity contribution in [3.05, 3.63) is 72.5 Å². The molecule has 0 aromatic heterocycles. The molecule has 1 amide bonds. The summed E-state index contributed by atoms with van der Waals surface area (Å²) >= 11 is 0. The second-order valence-corrected chi connectivity index (χ2v) is 8.45. The number of nitrogens with one attached hydrogen (secondary N) is 1. The lowest BCUT2D eigenvalue weighted by molar-refractivity contribution is -0.114. The maximum atomic E-state index is 13.2. The molecule has 0 spiro atoms. The van der Waals surface area contributed by atoms with Crippen LogP contribution in [0.15, 0.2) is 66.7 Å². The summed E-state index contributed by atoms with van der Waals surface area (Å²) in [5, 5.41) is 4.71. The van der Waals surface area contributed by atoms with E-state index in [1.807, 2.05) is 36.4 Å². The highest BCUT2D eigenvalue weighted by atomic mass is 32.2. The molecule has 8 heteroatoms. The summed E-state index contributed by atoms with van der Waals surface area (Å²) in [5.41, 5.74) is 0.758. The minimum atomic E-state index is -3.94. The zero-order valence-corrected chi connectivity index (χ0v) is 16.3. The number of amides is 1. The van der Waals surface area contributed by atoms with Crippen LogP contribution in [0.3, 0.4) is 0 Å². The second kappa shape index (κ2) is 7.95. The molecular weight excluding hydrogens is 381 g/mol. The number of hydrogen-bond donors (Lipinski definition) is 1. The van der Waals surface area contributed by atoms with Gasteiger partial charge in [0.2, 0.25) is 5.91 Å². The molecule has 6 nitrogen and oxygen atoms in total. The van der Waals surface area contributed by atoms with Crippen LogP contribution < -0.4 is 9.62 Å². The number of hydrogen-bond acceptors (Lipinski definition) is 3. The molecule has 28 heavy (non-hydrogen) atoms. The van der Waals surface area contributed by atoms with E-state index < -0.39 is 28.5 Å². The summed E-state index contributed by atoms with van der Waals surface area (Å²) in [7, 11) is -1.21. The molecule has 146 valence electrons. The van der Waals surface area contributed by atoms with Crippen molar-refractivity contribution < 1.29 is 17.6 Å². The van der Waals surface area contributed by atoms with Crippen LogP contribution in [0.1, 0.15) is 0 Å². The summed E-state index contributed by atoms with van der Waals surface area (Å²) in [5.74, 6) is -1.00. The van der Waals surface area contributed by atoms with Gasteiger partial charge in [-0.2, -0.15) is 12.7 Å². The Bertz CT molecular complexity index is 1100. The van der Waals surface area contributed by atoms with Crippen LogP contribution in [0.5, 0.6) is 0 Å². The minimum absolute atomic E-state index is 0.198. The highest BCUT2D eigenvalue weighted by molar-refractivity contribution is 7.90. The lowest BCUT2D eigenvalue weighted by Gasteiger charge is -2.26. The zero-order valence-electron chi connectivity index (χ0n) is 15.5. The van der Waals surface area contributed by atoms with Gasteiger partial charge in [-0.15, -0.1) is 0 Å². The molecule has 0 aliphatic rings. The molecule has 0 atom stereocenters. The molecule has 3 aromatic carbocycles. The minimum Gasteiger partial charge on any atom is -0.324 e. The van der Waals surface area contributed by atoms with E-state index in [1.165, 1.54) is 26.2 Å². The van der Waals surface area contributed by atoms with Gasteiger partial charge in [-0.1, -0.05) is 30.3 Å². The van der Waals surface area contributed by atoms with Gasteiger partial charge < -0.3 is 5.32 Å². The summed E-state index contributed by atoms with van der Waals surface area (Å²) in [6.07, 6.45) is 0. The van der Waals surface area contributed by atoms with Gasteiger partial charge in [-0.05, 0) is 47.2 Å². The summed E-state index contributed by atoms with van der Waals surface area (Å²) < 4.78 is 40.5. The third-order valence-electron chi connectivity index (χ3n) is 4.17. The first-order valence-corrected chi connectivity index (χ1v) is 9.91. The molecule has 0 saturated heterocycles. The number of rotatable bonds is 6. The lowest BCUT2D eigenvalue weighted by atomic mass is 10.1. The Hall–Kier alpha value is -2.97. The fraction of sp³-hybridized carbons (Fsp3) is 0.150. The van der Waals surface area contributed by atoms with Gasteiger partial charge in [0.15, 0.2) is 0 Å². The van der Waals surface area contributed by atoms with Crippen molar-refractivity contribution in [2.45, 2.75) is 0 Å². The summed E-state index contributed by atoms with van der Waals surface area (Å²) in [4.78, 5) is 12.6. The fourth-order valence-corrected chi connectivity index (χ4v) is 3.77. The third-order valence-corrected chi connectivity index (χ3v) is 5.99. The first-order valence-electron chi connectivity index (χ1n) is 8.52. The lowest BCUT2D eigenvalue weighted by Crippen LogP contribution is -2.44. The van der Waals surface area contributed by atoms with E-state index in [1.54, 1.807) is 6.07 Å². The Morgan fingerprint density at radius 3 is 2.25 bits per heavy atom. The predicted molar refractivity (Wildman–Crippen MR) is 109 cm³/mol. The normalized spacial score (nSPS) is 11.6. The number of carbonyl (C=O) groups is 1. The highest BCUT2D eigenvalue weighted by Gasteiger charge is 2.27. The number of benzene rings is 3. The smallest absolute Gasteiger partial charge is 0.304 e. The van der Waals surface area contributed by atoms with Crippen molar-refractivity contribution in [2.24, 2.45) is 0 Å². The SMILES string of the molecule is CN(C)S(=O)(=O)N(CC(=O)Nc1ccc2ccccc2c1)c1ccc(F)cc1. The van der Waals surface area contributed by atoms with Crippen molar-refractivity contribution in [2.75, 3.05) is 30.3 Å². The van der Waals surface area contributed by atoms with Crippen LogP contribution in [0.2, 0.25) is 0 Å². The first kappa shape index (κ1) is 19.8. The Balaban J connectivity index is 1.84. The largest absolute Gasteiger partial charge is 0.324 e. The average molecular weight is 401 g/mol. The molecule has 0 saturated carbocycles. The first-order chi connectivity index (χ1) is 13.3. The molecule has 0 aliphatic heterocycles. The molecular formula is C20H20FN3O3S. The maximum absolute atomic E-state index is 13.2. The number of anilines is 2. The standard InChI is InChI=1S/C20H20FN3O3S/c1-23(2)28(26,27)24(19-11-8-17(21)9-12-19)14-20(25)22-18-10-7-15-5-3-4-6-16(15)13-18/h3-13H,14H2,1-2H3,(H,22,25). The zero-order chi connectivity index (χ0) is 20.3. The van der Waals surface area contributed by atoms with E-state index in [0.717, 1.165) is 31.5 Å². The van der Waals surface area contributed by atoms with Crippen LogP contribution in [-0.2, 0) is 15.0 Å². The molecule has 0 radical (unpaired) electrons. The van der Waals surface area contributed by atoms with E-state index in [9.17, 15) is 17.6 Å². The number of carbonyl (C=O) groups excluding carboxylic acids is 1. The van der Waals surface area contributed by atoms with Crippen LogP contribution in [0, 0.1) is 5.82 Å². The topological polar surface area (TPSA) is 69.7 Å². The van der Waals surface area contributed by atoms with E-state index in [4.69, 9.17) is 0 Å². The molecule has 0 unspecified atom stereocenters. The number of halogens is 1. The monoisotopic (exact) mass is 401 g/mol. The molecule has 0 bridgehead atoms. The van der Waals surface area contributed by atoms with Crippen molar-refractivity contribution >= 4 is 38.3 Å². The van der Waals surface area contributed by atoms with Crippen LogP contribution in [0.25, 0.3) is 10.8 Å². The maximum Gasteiger partial charge on any atom is 0.304 e. The number of nitrogens with zero attached hydrogens (tertiary/aromatic N) is 2.